The second kappa shape index (κ2) is 10.9. The number of H-pyrrole nitrogens is 1. The Morgan fingerprint density at radius 2 is 1.76 bits per heavy atom. The Bertz CT molecular complexity index is 1430. The molecule has 2 aromatic carbocycles. The lowest BCUT2D eigenvalue weighted by Crippen LogP contribution is -2.43. The van der Waals surface area contributed by atoms with Gasteiger partial charge >= 0.3 is 5.97 Å². The van der Waals surface area contributed by atoms with Gasteiger partial charge in [-0.15, -0.1) is 5.10 Å². The van der Waals surface area contributed by atoms with E-state index in [9.17, 15) is 9.59 Å². The Hall–Kier alpha value is -3.87. The number of aromatic amines is 1. The van der Waals surface area contributed by atoms with Gasteiger partial charge in [-0.3, -0.25) is 9.69 Å². The van der Waals surface area contributed by atoms with Gasteiger partial charge in [0.2, 0.25) is 5.91 Å². The molecule has 198 valence electrons. The molecule has 4 aromatic rings. The van der Waals surface area contributed by atoms with E-state index in [0.29, 0.717) is 17.3 Å². The molecule has 0 spiro atoms. The number of rotatable bonds is 7. The summed E-state index contributed by atoms with van der Waals surface area (Å²) in [6.07, 6.45) is 7.45. The van der Waals surface area contributed by atoms with Crippen LogP contribution in [0.15, 0.2) is 60.9 Å². The van der Waals surface area contributed by atoms with Crippen LogP contribution in [0.3, 0.4) is 0 Å². The van der Waals surface area contributed by atoms with Crippen LogP contribution >= 0.6 is 0 Å². The van der Waals surface area contributed by atoms with Crippen molar-refractivity contribution in [1.29, 1.82) is 0 Å². The predicted molar refractivity (Wildman–Crippen MR) is 151 cm³/mol. The summed E-state index contributed by atoms with van der Waals surface area (Å²) < 4.78 is 7.03. The van der Waals surface area contributed by atoms with E-state index in [1.54, 1.807) is 22.7 Å². The van der Waals surface area contributed by atoms with Crippen LogP contribution in [0.25, 0.3) is 27.7 Å². The number of fused-ring (bicyclic) bond motifs is 1. The lowest BCUT2D eigenvalue weighted by Gasteiger charge is -2.32. The fourth-order valence-electron chi connectivity index (χ4n) is 5.37. The molecule has 38 heavy (non-hydrogen) atoms. The van der Waals surface area contributed by atoms with E-state index in [-0.39, 0.29) is 24.5 Å². The molecule has 0 atom stereocenters. The highest BCUT2D eigenvalue weighted by molar-refractivity contribution is 6.02. The number of nitrogens with zero attached hydrogens (tertiary/aromatic N) is 3. The first-order valence-electron chi connectivity index (χ1n) is 13.6. The molecule has 1 aliphatic rings. The van der Waals surface area contributed by atoms with E-state index in [4.69, 9.17) is 9.84 Å². The van der Waals surface area contributed by atoms with E-state index in [2.05, 4.69) is 36.2 Å². The van der Waals surface area contributed by atoms with Gasteiger partial charge in [-0.05, 0) is 93.2 Å². The maximum Gasteiger partial charge on any atom is 0.343 e. The van der Waals surface area contributed by atoms with Gasteiger partial charge < -0.3 is 9.72 Å². The Kier molecular flexibility index (Phi) is 7.36. The fourth-order valence-corrected chi connectivity index (χ4v) is 5.37. The number of aromatic nitrogens is 3. The molecule has 1 amide bonds. The summed E-state index contributed by atoms with van der Waals surface area (Å²) in [4.78, 5) is 31.7. The van der Waals surface area contributed by atoms with Crippen molar-refractivity contribution in [3.63, 3.8) is 0 Å². The average molecular weight is 513 g/mol. The van der Waals surface area contributed by atoms with E-state index in [1.165, 1.54) is 5.39 Å². The van der Waals surface area contributed by atoms with Crippen LogP contribution in [0.5, 0.6) is 0 Å². The second-order valence-electron chi connectivity index (χ2n) is 10.6. The number of amides is 1. The fraction of sp³-hybridized carbons (Fsp3) is 0.387. The third kappa shape index (κ3) is 5.10. The zero-order valence-electron chi connectivity index (χ0n) is 22.6. The standard InChI is InChI=1S/C31H36N4O3/c1-5-38-31(37)27-19-34(33-29(27)35(20(2)3)30(36)24-8-6-21(4)7-9-24)26-14-12-22(13-15-26)25-11-10-23-16-17-32-28(23)18-25/h10-21,24,32H,5-9H2,1-4H3. The Balaban J connectivity index is 1.48. The van der Waals surface area contributed by atoms with Crippen molar-refractivity contribution in [2.24, 2.45) is 11.8 Å². The van der Waals surface area contributed by atoms with Gasteiger partial charge in [0.05, 0.1) is 12.3 Å². The first-order valence-corrected chi connectivity index (χ1v) is 13.6. The molecule has 7 heteroatoms. The van der Waals surface area contributed by atoms with Crippen LogP contribution in [-0.4, -0.2) is 39.3 Å². The molecule has 1 fully saturated rings. The minimum Gasteiger partial charge on any atom is -0.462 e. The molecule has 0 saturated heterocycles. The van der Waals surface area contributed by atoms with Gasteiger partial charge in [-0.2, -0.15) is 0 Å². The van der Waals surface area contributed by atoms with Gasteiger partial charge in [-0.1, -0.05) is 31.2 Å². The molecule has 0 radical (unpaired) electrons. The molecule has 2 aromatic heterocycles. The number of ether oxygens (including phenoxy) is 1. The monoisotopic (exact) mass is 512 g/mol. The summed E-state index contributed by atoms with van der Waals surface area (Å²) in [5.41, 5.74) is 4.38. The number of benzene rings is 2. The lowest BCUT2D eigenvalue weighted by atomic mass is 9.82. The number of anilines is 1. The first kappa shape index (κ1) is 25.8. The summed E-state index contributed by atoms with van der Waals surface area (Å²) in [6.45, 7) is 8.20. The molecule has 0 bridgehead atoms. The molecule has 1 saturated carbocycles. The van der Waals surface area contributed by atoms with Crippen LogP contribution in [0, 0.1) is 11.8 Å². The zero-order valence-corrected chi connectivity index (χ0v) is 22.6. The van der Waals surface area contributed by atoms with Crippen LogP contribution < -0.4 is 4.90 Å². The van der Waals surface area contributed by atoms with E-state index in [0.717, 1.165) is 48.0 Å². The molecule has 0 aliphatic heterocycles. The normalized spacial score (nSPS) is 17.6. The number of carbonyl (C=O) groups is 2. The van der Waals surface area contributed by atoms with Gasteiger partial charge in [0.25, 0.3) is 0 Å². The first-order chi connectivity index (χ1) is 18.4. The highest BCUT2D eigenvalue weighted by atomic mass is 16.5. The zero-order chi connectivity index (χ0) is 26.8. The summed E-state index contributed by atoms with van der Waals surface area (Å²) in [5, 5.41) is 5.96. The van der Waals surface area contributed by atoms with Crippen LogP contribution in [0.2, 0.25) is 0 Å². The molecule has 7 nitrogen and oxygen atoms in total. The maximum absolute atomic E-state index is 13.7. The molecule has 2 heterocycles. The number of hydrogen-bond acceptors (Lipinski definition) is 4. The van der Waals surface area contributed by atoms with Crippen molar-refractivity contribution in [2.45, 2.75) is 59.4 Å². The molecular weight excluding hydrogens is 476 g/mol. The van der Waals surface area contributed by atoms with E-state index >= 15 is 0 Å². The van der Waals surface area contributed by atoms with E-state index in [1.807, 2.05) is 44.3 Å². The number of hydrogen-bond donors (Lipinski definition) is 1. The van der Waals surface area contributed by atoms with Crippen LogP contribution in [0.1, 0.15) is 63.7 Å². The van der Waals surface area contributed by atoms with Gasteiger partial charge in [0, 0.05) is 29.9 Å². The maximum atomic E-state index is 13.7. The van der Waals surface area contributed by atoms with Crippen LogP contribution in [0.4, 0.5) is 5.82 Å². The van der Waals surface area contributed by atoms with E-state index < -0.39 is 5.97 Å². The lowest BCUT2D eigenvalue weighted by molar-refractivity contribution is -0.124. The highest BCUT2D eigenvalue weighted by Crippen LogP contribution is 2.33. The van der Waals surface area contributed by atoms with Crippen molar-refractivity contribution < 1.29 is 14.3 Å². The Morgan fingerprint density at radius 3 is 2.45 bits per heavy atom. The minimum absolute atomic E-state index is 0.0396. The highest BCUT2D eigenvalue weighted by Gasteiger charge is 2.34. The van der Waals surface area contributed by atoms with Crippen molar-refractivity contribution >= 4 is 28.6 Å². The molecule has 1 aliphatic carbocycles. The molecule has 1 N–H and O–H groups in total. The third-order valence-electron chi connectivity index (χ3n) is 7.56. The van der Waals surface area contributed by atoms with Crippen molar-refractivity contribution in [2.75, 3.05) is 11.5 Å². The van der Waals surface area contributed by atoms with Crippen molar-refractivity contribution in [3.8, 4) is 16.8 Å². The molecular formula is C31H36N4O3. The largest absolute Gasteiger partial charge is 0.462 e. The number of nitrogens with one attached hydrogen (secondary N) is 1. The predicted octanol–water partition coefficient (Wildman–Crippen LogP) is 6.77. The number of carbonyl (C=O) groups excluding carboxylic acids is 2. The van der Waals surface area contributed by atoms with Gasteiger partial charge in [0.1, 0.15) is 5.56 Å². The average Bonchev–Trinajstić information content (AvgIpc) is 3.56. The summed E-state index contributed by atoms with van der Waals surface area (Å²) in [5.74, 6) is 0.528. The van der Waals surface area contributed by atoms with Gasteiger partial charge in [0.15, 0.2) is 5.82 Å². The van der Waals surface area contributed by atoms with Crippen molar-refractivity contribution in [3.05, 3.63) is 66.5 Å². The molecule has 5 rings (SSSR count). The topological polar surface area (TPSA) is 80.2 Å². The number of esters is 1. The van der Waals surface area contributed by atoms with Crippen LogP contribution in [-0.2, 0) is 9.53 Å². The van der Waals surface area contributed by atoms with Gasteiger partial charge in [-0.25, -0.2) is 9.48 Å². The Labute approximate surface area is 223 Å². The second-order valence-corrected chi connectivity index (χ2v) is 10.6. The minimum atomic E-state index is -0.472. The summed E-state index contributed by atoms with van der Waals surface area (Å²) >= 11 is 0. The molecule has 0 unspecified atom stereocenters. The summed E-state index contributed by atoms with van der Waals surface area (Å²) in [7, 11) is 0. The quantitative estimate of drug-likeness (QED) is 0.277. The third-order valence-corrected chi connectivity index (χ3v) is 7.56. The SMILES string of the molecule is CCOC(=O)c1cn(-c2ccc(-c3ccc4cc[nH]c4c3)cc2)nc1N(C(=O)C1CCC(C)CC1)C(C)C. The smallest absolute Gasteiger partial charge is 0.343 e. The summed E-state index contributed by atoms with van der Waals surface area (Å²) in [6, 6.07) is 16.3. The Morgan fingerprint density at radius 1 is 1.05 bits per heavy atom. The van der Waals surface area contributed by atoms with Crippen molar-refractivity contribution in [1.82, 2.24) is 14.8 Å².